The van der Waals surface area contributed by atoms with Crippen molar-refractivity contribution in [2.75, 3.05) is 0 Å². The van der Waals surface area contributed by atoms with Crippen molar-refractivity contribution < 1.29 is 27.4 Å². The van der Waals surface area contributed by atoms with E-state index in [-0.39, 0.29) is 40.6 Å². The zero-order valence-electron chi connectivity index (χ0n) is 5.83. The van der Waals surface area contributed by atoms with Crippen molar-refractivity contribution in [1.82, 2.24) is 0 Å². The fraction of sp³-hybridized carbons (Fsp3) is 0. The third kappa shape index (κ3) is 9.37. The van der Waals surface area contributed by atoms with Gasteiger partial charge in [0.05, 0.1) is 0 Å². The van der Waals surface area contributed by atoms with E-state index >= 15 is 0 Å². The van der Waals surface area contributed by atoms with Crippen LogP contribution in [0.25, 0.3) is 0 Å². The van der Waals surface area contributed by atoms with Gasteiger partial charge in [-0.1, -0.05) is 0 Å². The molecule has 6 heteroatoms. The van der Waals surface area contributed by atoms with Gasteiger partial charge in [0.2, 0.25) is 0 Å². The molecule has 0 spiro atoms. The molecule has 0 aliphatic rings. The first kappa shape index (κ1) is 10.9. The predicted octanol–water partition coefficient (Wildman–Crippen LogP) is 0.203. The fourth-order valence-electron chi connectivity index (χ4n) is 0.0747. The van der Waals surface area contributed by atoms with Gasteiger partial charge in [-0.2, -0.15) is 0 Å². The Labute approximate surface area is 77.2 Å². The molecule has 0 bridgehead atoms. The molecule has 5 nitrogen and oxygen atoms in total. The van der Waals surface area contributed by atoms with E-state index in [2.05, 4.69) is 4.74 Å². The van der Waals surface area contributed by atoms with Gasteiger partial charge in [0.25, 0.3) is 0 Å². The molecule has 0 aromatic rings. The number of ether oxygens (including phenoxy) is 1. The van der Waals surface area contributed by atoms with Gasteiger partial charge in [-0.15, -0.1) is 0 Å². The Kier molecular flexibility index (Phi) is 7.00. The molecule has 0 rings (SSSR count). The minimum absolute atomic E-state index is 0. The standard InChI is InChI=1S/C2H2O5.Ca.2H/c3-1(4)7-2(5)6;;;/h(H,3,4)(H,5,6);;;/q;+2;2*-1. The second kappa shape index (κ2) is 5.14. The summed E-state index contributed by atoms with van der Waals surface area (Å²) >= 11 is 0. The van der Waals surface area contributed by atoms with Crippen LogP contribution >= 0.6 is 0 Å². The van der Waals surface area contributed by atoms with Crippen molar-refractivity contribution in [1.29, 1.82) is 0 Å². The summed E-state index contributed by atoms with van der Waals surface area (Å²) in [5.41, 5.74) is 0. The van der Waals surface area contributed by atoms with Crippen LogP contribution in [0.15, 0.2) is 0 Å². The van der Waals surface area contributed by atoms with Gasteiger partial charge in [0, 0.05) is 0 Å². The summed E-state index contributed by atoms with van der Waals surface area (Å²) in [6.07, 6.45) is -3.62. The molecule has 0 saturated carbocycles. The average molecular weight is 148 g/mol. The van der Waals surface area contributed by atoms with E-state index in [9.17, 15) is 9.59 Å². The van der Waals surface area contributed by atoms with Crippen molar-refractivity contribution in [2.45, 2.75) is 0 Å². The molecule has 2 N–H and O–H groups in total. The Morgan fingerprint density at radius 2 is 1.50 bits per heavy atom. The van der Waals surface area contributed by atoms with Crippen molar-refractivity contribution in [3.8, 4) is 0 Å². The molecule has 0 radical (unpaired) electrons. The van der Waals surface area contributed by atoms with E-state index in [1.54, 1.807) is 0 Å². The van der Waals surface area contributed by atoms with Gasteiger partial charge in [0.1, 0.15) is 0 Å². The molecule has 0 unspecified atom stereocenters. The summed E-state index contributed by atoms with van der Waals surface area (Å²) in [7, 11) is 0. The maximum atomic E-state index is 9.21. The van der Waals surface area contributed by atoms with Crippen LogP contribution in [-0.4, -0.2) is 60.3 Å². The molecule has 0 atom stereocenters. The molecule has 0 heterocycles. The Morgan fingerprint density at radius 1 is 1.25 bits per heavy atom. The maximum Gasteiger partial charge on any atom is 2.00 e. The van der Waals surface area contributed by atoms with E-state index in [4.69, 9.17) is 10.2 Å². The van der Waals surface area contributed by atoms with E-state index in [0.29, 0.717) is 0 Å². The topological polar surface area (TPSA) is 83.8 Å². The normalized spacial score (nSPS) is 6.50. The average Bonchev–Trinajstić information content (AvgIpc) is 1.27. The summed E-state index contributed by atoms with van der Waals surface area (Å²) in [6, 6.07) is 0. The third-order valence-electron chi connectivity index (χ3n) is 0.175. The van der Waals surface area contributed by atoms with E-state index < -0.39 is 12.3 Å². The van der Waals surface area contributed by atoms with Crippen LogP contribution in [0.4, 0.5) is 9.59 Å². The SMILES string of the molecule is O=C(O)OC(=O)O.[Ca+2].[H-].[H-]. The first-order chi connectivity index (χ1) is 3.13. The molecule has 0 amide bonds. The van der Waals surface area contributed by atoms with E-state index in [1.165, 1.54) is 0 Å². The molecule has 0 saturated heterocycles. The molecule has 0 aromatic heterocycles. The first-order valence-electron chi connectivity index (χ1n) is 1.26. The van der Waals surface area contributed by atoms with Gasteiger partial charge < -0.3 is 17.8 Å². The van der Waals surface area contributed by atoms with Crippen molar-refractivity contribution in [2.24, 2.45) is 0 Å². The second-order valence-corrected chi connectivity index (χ2v) is 0.634. The summed E-state index contributed by atoms with van der Waals surface area (Å²) in [4.78, 5) is 18.4. The molecule has 8 heavy (non-hydrogen) atoms. The maximum absolute atomic E-state index is 9.21. The van der Waals surface area contributed by atoms with Gasteiger partial charge in [-0.25, -0.2) is 9.59 Å². The first-order valence-corrected chi connectivity index (χ1v) is 1.26. The monoisotopic (exact) mass is 148 g/mol. The van der Waals surface area contributed by atoms with Gasteiger partial charge in [0.15, 0.2) is 0 Å². The van der Waals surface area contributed by atoms with Crippen LogP contribution in [0.5, 0.6) is 0 Å². The molecule has 0 aliphatic heterocycles. The van der Waals surface area contributed by atoms with Crippen LogP contribution in [0.3, 0.4) is 0 Å². The van der Waals surface area contributed by atoms with Gasteiger partial charge >= 0.3 is 50.0 Å². The van der Waals surface area contributed by atoms with Crippen LogP contribution < -0.4 is 0 Å². The summed E-state index contributed by atoms with van der Waals surface area (Å²) in [5.74, 6) is 0. The van der Waals surface area contributed by atoms with Crippen molar-refractivity contribution >= 4 is 50.0 Å². The van der Waals surface area contributed by atoms with Crippen LogP contribution in [0.2, 0.25) is 0 Å². The van der Waals surface area contributed by atoms with Crippen LogP contribution in [0, 0.1) is 0 Å². The summed E-state index contributed by atoms with van der Waals surface area (Å²) in [6.45, 7) is 0. The quantitative estimate of drug-likeness (QED) is 0.291. The summed E-state index contributed by atoms with van der Waals surface area (Å²) < 4.78 is 3.08. The van der Waals surface area contributed by atoms with Crippen molar-refractivity contribution in [3.05, 3.63) is 0 Å². The molecule has 0 aliphatic carbocycles. The van der Waals surface area contributed by atoms with E-state index in [0.717, 1.165) is 0 Å². The minimum atomic E-state index is -1.81. The van der Waals surface area contributed by atoms with E-state index in [1.807, 2.05) is 0 Å². The van der Waals surface area contributed by atoms with Crippen LogP contribution in [0.1, 0.15) is 2.85 Å². The fourth-order valence-corrected chi connectivity index (χ4v) is 0.0747. The van der Waals surface area contributed by atoms with Gasteiger partial charge in [-0.05, 0) is 0 Å². The number of carbonyl (C=O) groups is 2. The Bertz CT molecular complexity index is 93.8. The number of hydrogen-bond acceptors (Lipinski definition) is 3. The second-order valence-electron chi connectivity index (χ2n) is 0.634. The summed E-state index contributed by atoms with van der Waals surface area (Å²) in [5, 5.41) is 15.0. The number of rotatable bonds is 0. The zero-order valence-corrected chi connectivity index (χ0v) is 6.03. The predicted molar refractivity (Wildman–Crippen MR) is 25.1 cm³/mol. The van der Waals surface area contributed by atoms with Crippen LogP contribution in [-0.2, 0) is 4.74 Å². The third-order valence-corrected chi connectivity index (χ3v) is 0.175. The molecular formula is C2H4CaO5. The molecule has 0 aromatic carbocycles. The van der Waals surface area contributed by atoms with Gasteiger partial charge in [-0.3, -0.25) is 0 Å². The Balaban J connectivity index is -0.0000000600. The smallest absolute Gasteiger partial charge is 1.00 e. The Morgan fingerprint density at radius 3 is 1.50 bits per heavy atom. The van der Waals surface area contributed by atoms with Crippen molar-refractivity contribution in [3.63, 3.8) is 0 Å². The molecule has 44 valence electrons. The molecular weight excluding hydrogens is 144 g/mol. The number of hydrogen-bond donors (Lipinski definition) is 2. The molecule has 0 fully saturated rings. The zero-order chi connectivity index (χ0) is 5.86. The number of carboxylic acid groups (broad SMARTS) is 2. The Hall–Kier alpha value is -0.000260. The largest absolute Gasteiger partial charge is 2.00 e. The minimum Gasteiger partial charge on any atom is -1.00 e.